The predicted molar refractivity (Wildman–Crippen MR) is 91.5 cm³/mol. The monoisotopic (exact) mass is 323 g/mol. The normalized spacial score (nSPS) is 12.0. The fraction of sp³-hybridized carbons (Fsp3) is 0.250. The standard InChI is InChI=1S/C20H21NO3/c1-16(9-10-17-6-3-2-4-7-17)21(14-18-11-13-23-15-18)20(22)19-8-5-12-24-19/h2-8,11-13,15-16H,9-10,14H2,1H3/t16-/m1/s1. The van der Waals surface area contributed by atoms with Gasteiger partial charge in [-0.05, 0) is 43.5 Å². The van der Waals surface area contributed by atoms with Crippen LogP contribution in [0.5, 0.6) is 0 Å². The predicted octanol–water partition coefficient (Wildman–Crippen LogP) is 4.54. The Labute approximate surface area is 141 Å². The van der Waals surface area contributed by atoms with Gasteiger partial charge in [0.25, 0.3) is 5.91 Å². The van der Waals surface area contributed by atoms with E-state index in [1.165, 1.54) is 11.8 Å². The van der Waals surface area contributed by atoms with Gasteiger partial charge in [0.1, 0.15) is 0 Å². The van der Waals surface area contributed by atoms with E-state index >= 15 is 0 Å². The van der Waals surface area contributed by atoms with Crippen molar-refractivity contribution in [1.29, 1.82) is 0 Å². The lowest BCUT2D eigenvalue weighted by Gasteiger charge is -2.28. The van der Waals surface area contributed by atoms with E-state index in [1.807, 2.05) is 29.2 Å². The van der Waals surface area contributed by atoms with Crippen molar-refractivity contribution >= 4 is 5.91 Å². The van der Waals surface area contributed by atoms with Gasteiger partial charge in [-0.15, -0.1) is 0 Å². The zero-order valence-corrected chi connectivity index (χ0v) is 13.7. The summed E-state index contributed by atoms with van der Waals surface area (Å²) in [5.41, 5.74) is 2.25. The van der Waals surface area contributed by atoms with Gasteiger partial charge in [0.05, 0.1) is 18.8 Å². The van der Waals surface area contributed by atoms with Gasteiger partial charge in [-0.25, -0.2) is 0 Å². The van der Waals surface area contributed by atoms with Crippen LogP contribution in [0.1, 0.15) is 35.0 Å². The fourth-order valence-electron chi connectivity index (χ4n) is 2.72. The molecule has 24 heavy (non-hydrogen) atoms. The molecule has 0 aliphatic heterocycles. The maximum absolute atomic E-state index is 12.8. The molecule has 124 valence electrons. The molecule has 4 nitrogen and oxygen atoms in total. The average Bonchev–Trinajstić information content (AvgIpc) is 3.31. The fourth-order valence-corrected chi connectivity index (χ4v) is 2.72. The Balaban J connectivity index is 1.71. The maximum Gasteiger partial charge on any atom is 0.290 e. The Morgan fingerprint density at radius 3 is 2.54 bits per heavy atom. The van der Waals surface area contributed by atoms with E-state index in [-0.39, 0.29) is 11.9 Å². The highest BCUT2D eigenvalue weighted by Gasteiger charge is 2.24. The number of aryl methyl sites for hydroxylation is 1. The van der Waals surface area contributed by atoms with E-state index in [2.05, 4.69) is 19.1 Å². The second-order valence-electron chi connectivity index (χ2n) is 5.92. The first-order valence-corrected chi connectivity index (χ1v) is 8.13. The van der Waals surface area contributed by atoms with Crippen LogP contribution in [0.4, 0.5) is 0 Å². The molecule has 2 heterocycles. The SMILES string of the molecule is C[C@H](CCc1ccccc1)N(Cc1ccoc1)C(=O)c1ccco1. The third-order valence-electron chi connectivity index (χ3n) is 4.15. The molecule has 0 bridgehead atoms. The molecule has 0 radical (unpaired) electrons. The van der Waals surface area contributed by atoms with Crippen LogP contribution < -0.4 is 0 Å². The van der Waals surface area contributed by atoms with Crippen LogP contribution in [0.3, 0.4) is 0 Å². The summed E-state index contributed by atoms with van der Waals surface area (Å²) in [7, 11) is 0. The van der Waals surface area contributed by atoms with Crippen molar-refractivity contribution < 1.29 is 13.6 Å². The Morgan fingerprint density at radius 2 is 1.88 bits per heavy atom. The quantitative estimate of drug-likeness (QED) is 0.641. The Bertz CT molecular complexity index is 733. The largest absolute Gasteiger partial charge is 0.472 e. The third-order valence-corrected chi connectivity index (χ3v) is 4.15. The second kappa shape index (κ2) is 7.68. The molecule has 0 fully saturated rings. The second-order valence-corrected chi connectivity index (χ2v) is 5.92. The van der Waals surface area contributed by atoms with Crippen LogP contribution >= 0.6 is 0 Å². The van der Waals surface area contributed by atoms with Gasteiger partial charge in [0.15, 0.2) is 5.76 Å². The van der Waals surface area contributed by atoms with Gasteiger partial charge in [-0.1, -0.05) is 30.3 Å². The summed E-state index contributed by atoms with van der Waals surface area (Å²) in [6, 6.07) is 15.7. The number of furan rings is 2. The molecule has 0 saturated heterocycles. The first kappa shape index (κ1) is 16.1. The van der Waals surface area contributed by atoms with Gasteiger partial charge in [0, 0.05) is 18.2 Å². The van der Waals surface area contributed by atoms with Crippen molar-refractivity contribution in [2.24, 2.45) is 0 Å². The molecule has 1 amide bonds. The van der Waals surface area contributed by atoms with Crippen molar-refractivity contribution in [3.63, 3.8) is 0 Å². The summed E-state index contributed by atoms with van der Waals surface area (Å²) in [6.07, 6.45) is 6.63. The van der Waals surface area contributed by atoms with Crippen molar-refractivity contribution in [3.05, 3.63) is 84.2 Å². The molecule has 0 spiro atoms. The maximum atomic E-state index is 12.8. The molecule has 0 unspecified atom stereocenters. The number of amides is 1. The highest BCUT2D eigenvalue weighted by molar-refractivity contribution is 5.91. The Morgan fingerprint density at radius 1 is 1.04 bits per heavy atom. The summed E-state index contributed by atoms with van der Waals surface area (Å²) in [5.74, 6) is 0.270. The number of rotatable bonds is 7. The lowest BCUT2D eigenvalue weighted by Crippen LogP contribution is -2.38. The van der Waals surface area contributed by atoms with Crippen molar-refractivity contribution in [2.75, 3.05) is 0 Å². The Hall–Kier alpha value is -2.75. The van der Waals surface area contributed by atoms with Gasteiger partial charge in [-0.2, -0.15) is 0 Å². The minimum Gasteiger partial charge on any atom is -0.472 e. The minimum absolute atomic E-state index is 0.0812. The van der Waals surface area contributed by atoms with Gasteiger partial charge in [-0.3, -0.25) is 4.79 Å². The zero-order valence-electron chi connectivity index (χ0n) is 13.7. The third kappa shape index (κ3) is 3.96. The Kier molecular flexibility index (Phi) is 5.16. The molecule has 3 rings (SSSR count). The van der Waals surface area contributed by atoms with Crippen LogP contribution in [0.2, 0.25) is 0 Å². The lowest BCUT2D eigenvalue weighted by atomic mass is 10.0. The topological polar surface area (TPSA) is 46.6 Å². The highest BCUT2D eigenvalue weighted by Crippen LogP contribution is 2.17. The molecule has 4 heteroatoms. The first-order valence-electron chi connectivity index (χ1n) is 8.13. The van der Waals surface area contributed by atoms with Gasteiger partial charge < -0.3 is 13.7 Å². The van der Waals surface area contributed by atoms with E-state index in [1.54, 1.807) is 24.7 Å². The number of hydrogen-bond acceptors (Lipinski definition) is 3. The lowest BCUT2D eigenvalue weighted by molar-refractivity contribution is 0.0634. The van der Waals surface area contributed by atoms with Crippen LogP contribution in [-0.4, -0.2) is 16.8 Å². The number of hydrogen-bond donors (Lipinski definition) is 0. The van der Waals surface area contributed by atoms with Crippen molar-refractivity contribution in [2.45, 2.75) is 32.4 Å². The van der Waals surface area contributed by atoms with Crippen LogP contribution in [0.15, 0.2) is 76.2 Å². The highest BCUT2D eigenvalue weighted by atomic mass is 16.3. The van der Waals surface area contributed by atoms with E-state index in [9.17, 15) is 4.79 Å². The van der Waals surface area contributed by atoms with E-state index in [0.717, 1.165) is 18.4 Å². The number of benzene rings is 1. The van der Waals surface area contributed by atoms with Crippen LogP contribution in [0.25, 0.3) is 0 Å². The summed E-state index contributed by atoms with van der Waals surface area (Å²) in [4.78, 5) is 14.6. The van der Waals surface area contributed by atoms with Crippen LogP contribution in [-0.2, 0) is 13.0 Å². The van der Waals surface area contributed by atoms with Crippen molar-refractivity contribution in [1.82, 2.24) is 4.90 Å². The van der Waals surface area contributed by atoms with Crippen LogP contribution in [0, 0.1) is 0 Å². The number of carbonyl (C=O) groups is 1. The van der Waals surface area contributed by atoms with Gasteiger partial charge in [0.2, 0.25) is 0 Å². The molecule has 0 N–H and O–H groups in total. The first-order chi connectivity index (χ1) is 11.7. The molecule has 0 aliphatic carbocycles. The molecule has 0 saturated carbocycles. The average molecular weight is 323 g/mol. The molecule has 3 aromatic rings. The van der Waals surface area contributed by atoms with E-state index in [4.69, 9.17) is 8.83 Å². The smallest absolute Gasteiger partial charge is 0.290 e. The van der Waals surface area contributed by atoms with E-state index < -0.39 is 0 Å². The summed E-state index contributed by atoms with van der Waals surface area (Å²) >= 11 is 0. The van der Waals surface area contributed by atoms with Crippen molar-refractivity contribution in [3.8, 4) is 0 Å². The molecule has 1 atom stereocenters. The number of nitrogens with zero attached hydrogens (tertiary/aromatic N) is 1. The zero-order chi connectivity index (χ0) is 16.8. The molecule has 0 aliphatic rings. The van der Waals surface area contributed by atoms with E-state index in [0.29, 0.717) is 12.3 Å². The van der Waals surface area contributed by atoms with Gasteiger partial charge >= 0.3 is 0 Å². The summed E-state index contributed by atoms with van der Waals surface area (Å²) in [6.45, 7) is 2.58. The molecular formula is C20H21NO3. The molecule has 2 aromatic heterocycles. The minimum atomic E-state index is -0.0956. The summed E-state index contributed by atoms with van der Waals surface area (Å²) in [5, 5.41) is 0. The summed E-state index contributed by atoms with van der Waals surface area (Å²) < 4.78 is 10.4. The molecule has 1 aromatic carbocycles. The molecular weight excluding hydrogens is 302 g/mol. The number of carbonyl (C=O) groups excluding carboxylic acids is 1.